The van der Waals surface area contributed by atoms with Crippen molar-refractivity contribution in [2.24, 2.45) is 0 Å². The molecule has 134 valence electrons. The topological polar surface area (TPSA) is 71.6 Å². The van der Waals surface area contributed by atoms with E-state index in [1.54, 1.807) is 0 Å². The van der Waals surface area contributed by atoms with Crippen molar-refractivity contribution < 1.29 is 14.3 Å². The summed E-state index contributed by atoms with van der Waals surface area (Å²) < 4.78 is 10.9. The minimum Gasteiger partial charge on any atom is -0.355 e. The highest BCUT2D eigenvalue weighted by Gasteiger charge is 2.29. The summed E-state index contributed by atoms with van der Waals surface area (Å²) in [5.41, 5.74) is 7.32. The number of hydrazine groups is 1. The van der Waals surface area contributed by atoms with Crippen LogP contribution in [0.15, 0.2) is 24.3 Å². The maximum atomic E-state index is 12.3. The summed E-state index contributed by atoms with van der Waals surface area (Å²) >= 11 is 5.90. The van der Waals surface area contributed by atoms with Crippen LogP contribution in [0.1, 0.15) is 38.3 Å². The van der Waals surface area contributed by atoms with Crippen LogP contribution in [0.25, 0.3) is 0 Å². The van der Waals surface area contributed by atoms with Crippen molar-refractivity contribution in [2.75, 3.05) is 19.8 Å². The number of carbonyl (C=O) groups is 1. The summed E-state index contributed by atoms with van der Waals surface area (Å²) in [6.45, 7) is 5.56. The van der Waals surface area contributed by atoms with E-state index in [2.05, 4.69) is 16.2 Å². The predicted octanol–water partition coefficient (Wildman–Crippen LogP) is 2.15. The molecule has 2 unspecified atom stereocenters. The van der Waals surface area contributed by atoms with E-state index in [9.17, 15) is 4.79 Å². The molecule has 7 heteroatoms. The first-order valence-electron chi connectivity index (χ1n) is 8.41. The normalized spacial score (nSPS) is 20.5. The average molecular weight is 356 g/mol. The summed E-state index contributed by atoms with van der Waals surface area (Å²) in [4.78, 5) is 12.3. The van der Waals surface area contributed by atoms with Crippen LogP contribution in [-0.2, 0) is 14.3 Å². The lowest BCUT2D eigenvalue weighted by Gasteiger charge is -2.17. The highest BCUT2D eigenvalue weighted by atomic mass is 35.5. The van der Waals surface area contributed by atoms with Gasteiger partial charge in [0.1, 0.15) is 6.04 Å². The Morgan fingerprint density at radius 1 is 1.25 bits per heavy atom. The van der Waals surface area contributed by atoms with E-state index in [4.69, 9.17) is 21.1 Å². The third-order valence-electron chi connectivity index (χ3n) is 3.88. The number of rotatable bonds is 9. The van der Waals surface area contributed by atoms with Crippen LogP contribution in [0.4, 0.5) is 0 Å². The van der Waals surface area contributed by atoms with Gasteiger partial charge in [-0.3, -0.25) is 4.79 Å². The Balaban J connectivity index is 1.74. The van der Waals surface area contributed by atoms with Crippen molar-refractivity contribution in [2.45, 2.75) is 45.1 Å². The maximum Gasteiger partial charge on any atom is 0.238 e. The maximum absolute atomic E-state index is 12.3. The lowest BCUT2D eigenvalue weighted by Crippen LogP contribution is -2.44. The average Bonchev–Trinajstić information content (AvgIpc) is 3.06. The van der Waals surface area contributed by atoms with Crippen molar-refractivity contribution in [3.05, 3.63) is 34.9 Å². The fourth-order valence-electron chi connectivity index (χ4n) is 2.66. The molecule has 1 saturated heterocycles. The highest BCUT2D eigenvalue weighted by molar-refractivity contribution is 6.30. The molecule has 0 bridgehead atoms. The molecule has 0 aliphatic carbocycles. The van der Waals surface area contributed by atoms with Crippen LogP contribution in [0.2, 0.25) is 5.02 Å². The summed E-state index contributed by atoms with van der Waals surface area (Å²) in [7, 11) is 0. The van der Waals surface area contributed by atoms with Crippen LogP contribution in [0.3, 0.4) is 0 Å². The Morgan fingerprint density at radius 3 is 2.54 bits per heavy atom. The molecule has 24 heavy (non-hydrogen) atoms. The number of ether oxygens (including phenoxy) is 2. The van der Waals surface area contributed by atoms with Crippen molar-refractivity contribution in [1.82, 2.24) is 16.2 Å². The molecule has 0 radical (unpaired) electrons. The Hall–Kier alpha value is -1.18. The second kappa shape index (κ2) is 9.96. The van der Waals surface area contributed by atoms with E-state index in [-0.39, 0.29) is 24.3 Å². The molecule has 6 nitrogen and oxygen atoms in total. The van der Waals surface area contributed by atoms with E-state index in [0.29, 0.717) is 37.6 Å². The van der Waals surface area contributed by atoms with E-state index in [0.717, 1.165) is 5.56 Å². The fourth-order valence-corrected chi connectivity index (χ4v) is 2.79. The number of hydrogen-bond donors (Lipinski definition) is 3. The minimum absolute atomic E-state index is 0.0225. The van der Waals surface area contributed by atoms with E-state index in [1.165, 1.54) is 0 Å². The number of halogens is 1. The van der Waals surface area contributed by atoms with Gasteiger partial charge in [0.15, 0.2) is 6.29 Å². The Kier molecular flexibility index (Phi) is 7.94. The zero-order valence-corrected chi connectivity index (χ0v) is 14.9. The molecule has 0 saturated carbocycles. The van der Waals surface area contributed by atoms with Gasteiger partial charge >= 0.3 is 0 Å². The zero-order chi connectivity index (χ0) is 17.4. The number of hydrogen-bond acceptors (Lipinski definition) is 5. The minimum atomic E-state index is -0.267. The van der Waals surface area contributed by atoms with E-state index in [1.807, 2.05) is 38.1 Å². The SMILES string of the molecule is CCOC(CCNC(=O)C1CC(c2ccc(Cl)cc2)NN1)OCC. The first-order chi connectivity index (χ1) is 11.6. The van der Waals surface area contributed by atoms with Crippen LogP contribution >= 0.6 is 11.6 Å². The first-order valence-corrected chi connectivity index (χ1v) is 8.79. The number of nitrogens with one attached hydrogen (secondary N) is 3. The molecule has 0 spiro atoms. The standard InChI is InChI=1S/C17H26ClN3O3/c1-3-23-16(24-4-2)9-10-19-17(22)15-11-14(20-21-15)12-5-7-13(18)8-6-12/h5-8,14-16,20-21H,3-4,9-11H2,1-2H3,(H,19,22). The summed E-state index contributed by atoms with van der Waals surface area (Å²) in [5.74, 6) is -0.0225. The van der Waals surface area contributed by atoms with E-state index >= 15 is 0 Å². The number of carbonyl (C=O) groups excluding carboxylic acids is 1. The van der Waals surface area contributed by atoms with Crippen LogP contribution < -0.4 is 16.2 Å². The smallest absolute Gasteiger partial charge is 0.238 e. The molecule has 1 aromatic carbocycles. The van der Waals surface area contributed by atoms with Crippen LogP contribution in [0, 0.1) is 0 Å². The fraction of sp³-hybridized carbons (Fsp3) is 0.588. The van der Waals surface area contributed by atoms with Gasteiger partial charge in [-0.15, -0.1) is 0 Å². The van der Waals surface area contributed by atoms with Gasteiger partial charge in [-0.05, 0) is 38.0 Å². The molecular weight excluding hydrogens is 330 g/mol. The zero-order valence-electron chi connectivity index (χ0n) is 14.2. The third kappa shape index (κ3) is 5.72. The summed E-state index contributed by atoms with van der Waals surface area (Å²) in [6, 6.07) is 7.48. The molecule has 3 N–H and O–H groups in total. The van der Waals surface area contributed by atoms with Gasteiger partial charge in [-0.25, -0.2) is 10.9 Å². The van der Waals surface area contributed by atoms with Gasteiger partial charge in [0.2, 0.25) is 5.91 Å². The van der Waals surface area contributed by atoms with Crippen molar-refractivity contribution >= 4 is 17.5 Å². The van der Waals surface area contributed by atoms with Crippen LogP contribution in [-0.4, -0.2) is 38.0 Å². The molecule has 2 atom stereocenters. The van der Waals surface area contributed by atoms with Crippen molar-refractivity contribution in [1.29, 1.82) is 0 Å². The quantitative estimate of drug-likeness (QED) is 0.592. The van der Waals surface area contributed by atoms with Gasteiger partial charge in [0.25, 0.3) is 0 Å². The van der Waals surface area contributed by atoms with E-state index < -0.39 is 0 Å². The highest BCUT2D eigenvalue weighted by Crippen LogP contribution is 2.23. The molecule has 2 rings (SSSR count). The molecule has 1 aromatic rings. The number of amides is 1. The molecule has 1 aliphatic rings. The van der Waals surface area contributed by atoms with Gasteiger partial charge in [-0.2, -0.15) is 0 Å². The predicted molar refractivity (Wildman–Crippen MR) is 93.5 cm³/mol. The molecular formula is C17H26ClN3O3. The lowest BCUT2D eigenvalue weighted by atomic mass is 10.0. The second-order valence-corrected chi connectivity index (χ2v) is 6.04. The first kappa shape index (κ1) is 19.1. The number of benzene rings is 1. The van der Waals surface area contributed by atoms with Gasteiger partial charge in [0.05, 0.1) is 0 Å². The molecule has 1 aliphatic heterocycles. The molecule has 1 fully saturated rings. The van der Waals surface area contributed by atoms with Gasteiger partial charge in [0, 0.05) is 37.2 Å². The molecule has 1 heterocycles. The second-order valence-electron chi connectivity index (χ2n) is 5.60. The summed E-state index contributed by atoms with van der Waals surface area (Å²) in [5, 5.41) is 3.64. The Bertz CT molecular complexity index is 506. The van der Waals surface area contributed by atoms with Gasteiger partial charge < -0.3 is 14.8 Å². The Morgan fingerprint density at radius 2 is 1.92 bits per heavy atom. The Labute approximate surface area is 148 Å². The molecule has 1 amide bonds. The van der Waals surface area contributed by atoms with Gasteiger partial charge in [-0.1, -0.05) is 23.7 Å². The monoisotopic (exact) mass is 355 g/mol. The van der Waals surface area contributed by atoms with Crippen molar-refractivity contribution in [3.8, 4) is 0 Å². The summed E-state index contributed by atoms with van der Waals surface area (Å²) in [6.07, 6.45) is 1.05. The third-order valence-corrected chi connectivity index (χ3v) is 4.13. The lowest BCUT2D eigenvalue weighted by molar-refractivity contribution is -0.140. The van der Waals surface area contributed by atoms with Crippen molar-refractivity contribution in [3.63, 3.8) is 0 Å². The largest absolute Gasteiger partial charge is 0.355 e. The van der Waals surface area contributed by atoms with Crippen LogP contribution in [0.5, 0.6) is 0 Å². The molecule has 0 aromatic heterocycles.